The normalized spacial score (nSPS) is 13.7. The predicted molar refractivity (Wildman–Crippen MR) is 199 cm³/mol. The summed E-state index contributed by atoms with van der Waals surface area (Å²) in [6.45, 7) is 3.83. The van der Waals surface area contributed by atoms with Crippen molar-refractivity contribution in [2.75, 3.05) is 17.2 Å². The zero-order valence-corrected chi connectivity index (χ0v) is 29.7. The fourth-order valence-corrected chi connectivity index (χ4v) is 7.74. The van der Waals surface area contributed by atoms with E-state index in [1.807, 2.05) is 6.07 Å². The highest BCUT2D eigenvalue weighted by molar-refractivity contribution is 8.00. The molecule has 1 atom stereocenters. The summed E-state index contributed by atoms with van der Waals surface area (Å²) in [7, 11) is 0. The van der Waals surface area contributed by atoms with Crippen LogP contribution in [0, 0.1) is 0 Å². The number of aryl methyl sites for hydroxylation is 1. The number of halogens is 1. The molecular formula is C38H38ClN3O5S2. The summed E-state index contributed by atoms with van der Waals surface area (Å²) in [6.07, 6.45) is 7.59. The maximum atomic E-state index is 13.5. The Bertz CT molecular complexity index is 1840. The smallest absolute Gasteiger partial charge is 0.341 e. The molecule has 0 spiro atoms. The molecule has 0 bridgehead atoms. The maximum Gasteiger partial charge on any atom is 0.341 e. The number of benzene rings is 3. The van der Waals surface area contributed by atoms with Gasteiger partial charge in [-0.1, -0.05) is 60.8 Å². The molecule has 1 aromatic heterocycles. The second-order valence-corrected chi connectivity index (χ2v) is 14.5. The van der Waals surface area contributed by atoms with Crippen molar-refractivity contribution >= 4 is 75.2 Å². The van der Waals surface area contributed by atoms with Crippen molar-refractivity contribution in [2.24, 2.45) is 0 Å². The van der Waals surface area contributed by atoms with E-state index in [0.717, 1.165) is 53.9 Å². The van der Waals surface area contributed by atoms with E-state index in [1.54, 1.807) is 92.7 Å². The molecule has 1 heterocycles. The molecule has 3 N–H and O–H groups in total. The third kappa shape index (κ3) is 9.84. The van der Waals surface area contributed by atoms with Crippen molar-refractivity contribution in [3.63, 3.8) is 0 Å². The molecule has 1 aliphatic carbocycles. The van der Waals surface area contributed by atoms with Gasteiger partial charge in [-0.25, -0.2) is 4.79 Å². The highest BCUT2D eigenvalue weighted by Gasteiger charge is 2.27. The van der Waals surface area contributed by atoms with Crippen LogP contribution >= 0.6 is 34.7 Å². The second-order valence-electron chi connectivity index (χ2n) is 11.5. The number of thiophene rings is 1. The quantitative estimate of drug-likeness (QED) is 0.0813. The summed E-state index contributed by atoms with van der Waals surface area (Å²) in [5.74, 6) is -1.59. The van der Waals surface area contributed by atoms with Crippen LogP contribution in [0.5, 0.6) is 0 Å². The van der Waals surface area contributed by atoms with Crippen LogP contribution in [-0.4, -0.2) is 35.5 Å². The van der Waals surface area contributed by atoms with Crippen molar-refractivity contribution in [1.82, 2.24) is 5.32 Å². The molecule has 0 fully saturated rings. The molecule has 3 amide bonds. The minimum Gasteiger partial charge on any atom is -0.462 e. The van der Waals surface area contributed by atoms with Crippen molar-refractivity contribution in [3.8, 4) is 0 Å². The van der Waals surface area contributed by atoms with Gasteiger partial charge >= 0.3 is 5.97 Å². The maximum absolute atomic E-state index is 13.5. The van der Waals surface area contributed by atoms with Crippen LogP contribution in [0.1, 0.15) is 76.3 Å². The third-order valence-corrected chi connectivity index (χ3v) is 10.4. The number of carbonyl (C=O) groups excluding carboxylic acids is 4. The number of hydrogen-bond donors (Lipinski definition) is 3. The van der Waals surface area contributed by atoms with Crippen molar-refractivity contribution in [1.29, 1.82) is 0 Å². The van der Waals surface area contributed by atoms with E-state index < -0.39 is 23.0 Å². The number of fused-ring (bicyclic) bond motifs is 1. The topological polar surface area (TPSA) is 114 Å². The number of hydrogen-bond acceptors (Lipinski definition) is 7. The van der Waals surface area contributed by atoms with Crippen LogP contribution in [0.4, 0.5) is 10.7 Å². The third-order valence-electron chi connectivity index (χ3n) is 7.87. The lowest BCUT2D eigenvalue weighted by molar-refractivity contribution is -0.115. The monoisotopic (exact) mass is 715 g/mol. The number of anilines is 2. The number of ether oxygens (including phenoxy) is 1. The fraction of sp³-hybridized carbons (Fsp3) is 0.263. The Morgan fingerprint density at radius 3 is 2.39 bits per heavy atom. The van der Waals surface area contributed by atoms with Gasteiger partial charge < -0.3 is 20.7 Å². The lowest BCUT2D eigenvalue weighted by Gasteiger charge is -2.14. The van der Waals surface area contributed by atoms with Gasteiger partial charge in [0, 0.05) is 26.0 Å². The van der Waals surface area contributed by atoms with Gasteiger partial charge in [0.25, 0.3) is 11.8 Å². The van der Waals surface area contributed by atoms with Gasteiger partial charge in [0.15, 0.2) is 0 Å². The molecule has 0 saturated carbocycles. The zero-order valence-electron chi connectivity index (χ0n) is 27.3. The predicted octanol–water partition coefficient (Wildman–Crippen LogP) is 8.77. The standard InChI is InChI=1S/C38H38ClN3O5S2/c1-3-47-38(46)33-30-16-9-4-5-10-17-32(30)49-37(33)42-34(43)24(2)48-29-15-11-14-28(23-29)40-36(45)31(22-25-18-20-27(39)21-19-25)41-35(44)26-12-7-6-8-13-26/h6-8,11-15,18-24H,3-5,9-10,16-17H2,1-2H3,(H,40,45)(H,41,44)(H,42,43)/b31-22+. The zero-order chi connectivity index (χ0) is 34.8. The molecule has 11 heteroatoms. The van der Waals surface area contributed by atoms with Crippen molar-refractivity contribution in [2.45, 2.75) is 62.5 Å². The van der Waals surface area contributed by atoms with Gasteiger partial charge in [0.2, 0.25) is 5.91 Å². The van der Waals surface area contributed by atoms with E-state index >= 15 is 0 Å². The van der Waals surface area contributed by atoms with Crippen molar-refractivity contribution < 1.29 is 23.9 Å². The number of esters is 1. The van der Waals surface area contributed by atoms with Gasteiger partial charge in [-0.15, -0.1) is 23.1 Å². The number of amides is 3. The van der Waals surface area contributed by atoms with Gasteiger partial charge in [-0.2, -0.15) is 0 Å². The summed E-state index contributed by atoms with van der Waals surface area (Å²) in [5.41, 5.74) is 3.11. The number of thioether (sulfide) groups is 1. The number of rotatable bonds is 11. The average Bonchev–Trinajstić information content (AvgIpc) is 3.41. The lowest BCUT2D eigenvalue weighted by Crippen LogP contribution is -2.30. The van der Waals surface area contributed by atoms with E-state index in [-0.39, 0.29) is 18.2 Å². The van der Waals surface area contributed by atoms with Crippen molar-refractivity contribution in [3.05, 3.63) is 117 Å². The van der Waals surface area contributed by atoms with E-state index in [9.17, 15) is 19.2 Å². The second kappa shape index (κ2) is 17.3. The Balaban J connectivity index is 1.29. The Morgan fingerprint density at radius 2 is 1.65 bits per heavy atom. The Morgan fingerprint density at radius 1 is 0.918 bits per heavy atom. The van der Waals surface area contributed by atoms with Gasteiger partial charge in [0.05, 0.1) is 17.4 Å². The Hall–Kier alpha value is -4.38. The first-order valence-corrected chi connectivity index (χ1v) is 18.3. The molecule has 1 aliphatic rings. The van der Waals surface area contributed by atoms with E-state index in [2.05, 4.69) is 16.0 Å². The minimum atomic E-state index is -0.521. The lowest BCUT2D eigenvalue weighted by atomic mass is 9.96. The Kier molecular flexibility index (Phi) is 12.7. The Labute approximate surface area is 299 Å². The molecule has 3 aromatic carbocycles. The van der Waals surface area contributed by atoms with Gasteiger partial charge in [-0.3, -0.25) is 14.4 Å². The molecule has 1 unspecified atom stereocenters. The van der Waals surface area contributed by atoms with Gasteiger partial charge in [0.1, 0.15) is 10.7 Å². The summed E-state index contributed by atoms with van der Waals surface area (Å²) < 4.78 is 5.39. The molecular weight excluding hydrogens is 678 g/mol. The number of nitrogens with one attached hydrogen (secondary N) is 3. The first kappa shape index (κ1) is 35.9. The summed E-state index contributed by atoms with van der Waals surface area (Å²) in [4.78, 5) is 54.9. The molecule has 5 rings (SSSR count). The molecule has 0 radical (unpaired) electrons. The largest absolute Gasteiger partial charge is 0.462 e. The summed E-state index contributed by atoms with van der Waals surface area (Å²) in [6, 6.07) is 22.7. The van der Waals surface area contributed by atoms with E-state index in [4.69, 9.17) is 16.3 Å². The molecule has 49 heavy (non-hydrogen) atoms. The molecule has 8 nitrogen and oxygen atoms in total. The van der Waals surface area contributed by atoms with E-state index in [1.165, 1.54) is 23.1 Å². The molecule has 4 aromatic rings. The van der Waals surface area contributed by atoms with Crippen LogP contribution < -0.4 is 16.0 Å². The average molecular weight is 716 g/mol. The first-order chi connectivity index (χ1) is 23.7. The highest BCUT2D eigenvalue weighted by atomic mass is 35.5. The van der Waals surface area contributed by atoms with Crippen LogP contribution in [0.3, 0.4) is 0 Å². The summed E-state index contributed by atoms with van der Waals surface area (Å²) in [5, 5.41) is 9.20. The highest BCUT2D eigenvalue weighted by Crippen LogP contribution is 2.38. The van der Waals surface area contributed by atoms with E-state index in [0.29, 0.717) is 32.4 Å². The van der Waals surface area contributed by atoms with Crippen LogP contribution in [-0.2, 0) is 27.2 Å². The van der Waals surface area contributed by atoms with Crippen LogP contribution in [0.25, 0.3) is 6.08 Å². The summed E-state index contributed by atoms with van der Waals surface area (Å²) >= 11 is 8.84. The molecule has 0 saturated heterocycles. The first-order valence-electron chi connectivity index (χ1n) is 16.3. The van der Waals surface area contributed by atoms with Crippen LogP contribution in [0.15, 0.2) is 89.5 Å². The fourth-order valence-electron chi connectivity index (χ4n) is 5.41. The SMILES string of the molecule is CCOC(=O)c1c(NC(=O)C(C)Sc2cccc(NC(=O)/C(=C\c3ccc(Cl)cc3)NC(=O)c3ccccc3)c2)sc2c1CCCCCC2. The minimum absolute atomic E-state index is 0.0458. The van der Waals surface area contributed by atoms with Gasteiger partial charge in [-0.05, 0) is 99.2 Å². The molecule has 254 valence electrons. The molecule has 0 aliphatic heterocycles. The van der Waals surface area contributed by atoms with Crippen LogP contribution in [0.2, 0.25) is 5.02 Å². The number of carbonyl (C=O) groups is 4.